The summed E-state index contributed by atoms with van der Waals surface area (Å²) in [7, 11) is 0. The van der Waals surface area contributed by atoms with E-state index in [2.05, 4.69) is 10.3 Å². The molecular weight excluding hydrogens is 271 g/mol. The van der Waals surface area contributed by atoms with E-state index in [-0.39, 0.29) is 5.41 Å². The zero-order valence-electron chi connectivity index (χ0n) is 10.4. The van der Waals surface area contributed by atoms with Crippen molar-refractivity contribution in [3.8, 4) is 5.69 Å². The van der Waals surface area contributed by atoms with Crippen molar-refractivity contribution in [1.29, 1.82) is 0 Å². The Balaban J connectivity index is 2.69. The van der Waals surface area contributed by atoms with Crippen LogP contribution in [0.1, 0.15) is 26.5 Å². The van der Waals surface area contributed by atoms with Crippen LogP contribution in [0.25, 0.3) is 5.69 Å². The van der Waals surface area contributed by atoms with Crippen LogP contribution in [0.5, 0.6) is 0 Å². The van der Waals surface area contributed by atoms with Gasteiger partial charge in [-0.05, 0) is 18.2 Å². The van der Waals surface area contributed by atoms with E-state index < -0.39 is 0 Å². The number of anilines is 1. The molecule has 18 heavy (non-hydrogen) atoms. The lowest BCUT2D eigenvalue weighted by atomic mass is 9.91. The van der Waals surface area contributed by atoms with Crippen molar-refractivity contribution in [3.05, 3.63) is 33.9 Å². The third-order valence-corrected chi connectivity index (χ3v) is 3.10. The summed E-state index contributed by atoms with van der Waals surface area (Å²) in [6.07, 6.45) is 0. The quantitative estimate of drug-likeness (QED) is 0.873. The molecule has 0 spiro atoms. The first-order chi connectivity index (χ1) is 8.30. The molecule has 0 aliphatic carbocycles. The van der Waals surface area contributed by atoms with Crippen molar-refractivity contribution >= 4 is 29.0 Å². The Morgan fingerprint density at radius 2 is 1.89 bits per heavy atom. The van der Waals surface area contributed by atoms with Crippen LogP contribution < -0.4 is 5.73 Å². The first-order valence-electron chi connectivity index (χ1n) is 5.48. The minimum Gasteiger partial charge on any atom is -0.381 e. The van der Waals surface area contributed by atoms with Gasteiger partial charge in [-0.25, -0.2) is 4.68 Å². The van der Waals surface area contributed by atoms with Gasteiger partial charge in [-0.15, -0.1) is 5.10 Å². The van der Waals surface area contributed by atoms with Gasteiger partial charge >= 0.3 is 0 Å². The Labute approximate surface area is 116 Å². The van der Waals surface area contributed by atoms with E-state index in [0.717, 1.165) is 5.69 Å². The molecule has 6 heteroatoms. The molecular formula is C12H14Cl2N4. The molecule has 0 unspecified atom stereocenters. The second-order valence-electron chi connectivity index (χ2n) is 5.08. The summed E-state index contributed by atoms with van der Waals surface area (Å²) in [6, 6.07) is 5.20. The van der Waals surface area contributed by atoms with Crippen LogP contribution in [-0.2, 0) is 5.41 Å². The number of hydrogen-bond acceptors (Lipinski definition) is 3. The van der Waals surface area contributed by atoms with E-state index in [1.807, 2.05) is 20.8 Å². The molecule has 0 fully saturated rings. The fraction of sp³-hybridized carbons (Fsp3) is 0.333. The zero-order valence-corrected chi connectivity index (χ0v) is 11.9. The van der Waals surface area contributed by atoms with Crippen LogP contribution in [0.4, 0.5) is 5.82 Å². The lowest BCUT2D eigenvalue weighted by molar-refractivity contribution is 0.544. The van der Waals surface area contributed by atoms with Gasteiger partial charge in [-0.2, -0.15) is 0 Å². The highest BCUT2D eigenvalue weighted by molar-refractivity contribution is 6.34. The predicted molar refractivity (Wildman–Crippen MR) is 74.5 cm³/mol. The zero-order chi connectivity index (χ0) is 13.5. The predicted octanol–water partition coefficient (Wildman–Crippen LogP) is 3.45. The maximum Gasteiger partial charge on any atom is 0.170 e. The monoisotopic (exact) mass is 284 g/mol. The average molecular weight is 285 g/mol. The van der Waals surface area contributed by atoms with Crippen molar-refractivity contribution in [3.63, 3.8) is 0 Å². The number of hydrogen-bond donors (Lipinski definition) is 1. The van der Waals surface area contributed by atoms with E-state index in [0.29, 0.717) is 21.6 Å². The van der Waals surface area contributed by atoms with E-state index in [1.165, 1.54) is 0 Å². The molecule has 1 aromatic carbocycles. The van der Waals surface area contributed by atoms with E-state index in [4.69, 9.17) is 28.9 Å². The first-order valence-corrected chi connectivity index (χ1v) is 6.23. The summed E-state index contributed by atoms with van der Waals surface area (Å²) in [5.74, 6) is 0.401. The molecule has 0 saturated heterocycles. The van der Waals surface area contributed by atoms with Gasteiger partial charge in [-0.3, -0.25) is 0 Å². The first kappa shape index (κ1) is 13.2. The summed E-state index contributed by atoms with van der Waals surface area (Å²) in [4.78, 5) is 0. The van der Waals surface area contributed by atoms with Crippen LogP contribution in [-0.4, -0.2) is 15.0 Å². The number of halogens is 2. The minimum absolute atomic E-state index is 0.195. The summed E-state index contributed by atoms with van der Waals surface area (Å²) in [6.45, 7) is 6.12. The van der Waals surface area contributed by atoms with Crippen molar-refractivity contribution in [2.75, 3.05) is 5.73 Å². The van der Waals surface area contributed by atoms with Crippen LogP contribution in [0, 0.1) is 0 Å². The number of aromatic nitrogens is 3. The van der Waals surface area contributed by atoms with Gasteiger partial charge in [0, 0.05) is 10.4 Å². The maximum atomic E-state index is 6.17. The third kappa shape index (κ3) is 2.31. The number of rotatable bonds is 1. The lowest BCUT2D eigenvalue weighted by Gasteiger charge is -2.20. The number of benzene rings is 1. The van der Waals surface area contributed by atoms with Gasteiger partial charge in [-0.1, -0.05) is 49.2 Å². The van der Waals surface area contributed by atoms with Gasteiger partial charge in [0.25, 0.3) is 0 Å². The maximum absolute atomic E-state index is 6.17. The number of nitrogens with zero attached hydrogens (tertiary/aromatic N) is 3. The van der Waals surface area contributed by atoms with Gasteiger partial charge < -0.3 is 5.73 Å². The summed E-state index contributed by atoms with van der Waals surface area (Å²) in [5.41, 5.74) is 7.18. The molecule has 1 heterocycles. The fourth-order valence-electron chi connectivity index (χ4n) is 1.81. The molecule has 0 bridgehead atoms. The molecule has 0 saturated carbocycles. The smallest absolute Gasteiger partial charge is 0.170 e. The Kier molecular flexibility index (Phi) is 3.25. The molecule has 0 atom stereocenters. The Morgan fingerprint density at radius 1 is 1.22 bits per heavy atom. The van der Waals surface area contributed by atoms with Crippen LogP contribution in [0.15, 0.2) is 18.2 Å². The highest BCUT2D eigenvalue weighted by Gasteiger charge is 2.25. The van der Waals surface area contributed by atoms with Crippen molar-refractivity contribution < 1.29 is 0 Å². The van der Waals surface area contributed by atoms with Crippen LogP contribution >= 0.6 is 23.2 Å². The third-order valence-electron chi connectivity index (χ3n) is 2.54. The summed E-state index contributed by atoms with van der Waals surface area (Å²) < 4.78 is 1.64. The minimum atomic E-state index is -0.195. The molecule has 2 rings (SSSR count). The van der Waals surface area contributed by atoms with Gasteiger partial charge in [0.05, 0.1) is 16.4 Å². The van der Waals surface area contributed by atoms with E-state index in [1.54, 1.807) is 22.9 Å². The Hall–Kier alpha value is -1.26. The molecule has 4 nitrogen and oxygen atoms in total. The standard InChI is InChI=1S/C12H14Cl2N4/c1-12(2,3)10-11(15)16-17-18(10)9-6-7(13)4-5-8(9)14/h4-6H,15H2,1-3H3. The number of nitrogens with two attached hydrogens (primary N) is 1. The molecule has 0 aliphatic rings. The second-order valence-corrected chi connectivity index (χ2v) is 5.92. The largest absolute Gasteiger partial charge is 0.381 e. The topological polar surface area (TPSA) is 56.7 Å². The summed E-state index contributed by atoms with van der Waals surface area (Å²) in [5, 5.41) is 9.11. The fourth-order valence-corrected chi connectivity index (χ4v) is 2.18. The highest BCUT2D eigenvalue weighted by atomic mass is 35.5. The molecule has 0 aliphatic heterocycles. The average Bonchev–Trinajstić information content (AvgIpc) is 2.63. The molecule has 0 radical (unpaired) electrons. The molecule has 2 N–H and O–H groups in total. The molecule has 1 aromatic heterocycles. The summed E-state index contributed by atoms with van der Waals surface area (Å²) >= 11 is 12.2. The second kappa shape index (κ2) is 4.44. The van der Waals surface area contributed by atoms with Crippen LogP contribution in [0.3, 0.4) is 0 Å². The van der Waals surface area contributed by atoms with Gasteiger partial charge in [0.15, 0.2) is 5.82 Å². The van der Waals surface area contributed by atoms with Crippen molar-refractivity contribution in [1.82, 2.24) is 15.0 Å². The van der Waals surface area contributed by atoms with Crippen LogP contribution in [0.2, 0.25) is 10.0 Å². The molecule has 2 aromatic rings. The molecule has 96 valence electrons. The van der Waals surface area contributed by atoms with E-state index in [9.17, 15) is 0 Å². The van der Waals surface area contributed by atoms with Gasteiger partial charge in [0.1, 0.15) is 0 Å². The highest BCUT2D eigenvalue weighted by Crippen LogP contribution is 2.31. The number of nitrogen functional groups attached to an aromatic ring is 1. The van der Waals surface area contributed by atoms with Crippen molar-refractivity contribution in [2.24, 2.45) is 0 Å². The Morgan fingerprint density at radius 3 is 2.50 bits per heavy atom. The SMILES string of the molecule is CC(C)(C)c1c(N)nnn1-c1cc(Cl)ccc1Cl. The van der Waals surface area contributed by atoms with Crippen molar-refractivity contribution in [2.45, 2.75) is 26.2 Å². The lowest BCUT2D eigenvalue weighted by Crippen LogP contribution is -2.19. The molecule has 0 amide bonds. The van der Waals surface area contributed by atoms with Gasteiger partial charge in [0.2, 0.25) is 0 Å². The van der Waals surface area contributed by atoms with E-state index >= 15 is 0 Å². The normalized spacial score (nSPS) is 11.8. The Bertz CT molecular complexity index is 584.